The number of hydrogen-bond donors (Lipinski definition) is 7. The number of rotatable bonds is 6. The lowest BCUT2D eigenvalue weighted by atomic mass is 9.99. The monoisotopic (exact) mass is 326 g/mol. The van der Waals surface area contributed by atoms with Crippen molar-refractivity contribution in [3.63, 3.8) is 0 Å². The van der Waals surface area contributed by atoms with E-state index in [0.717, 1.165) is 0 Å². The van der Waals surface area contributed by atoms with Crippen LogP contribution < -0.4 is 0 Å². The van der Waals surface area contributed by atoms with E-state index < -0.39 is 60.8 Å². The van der Waals surface area contributed by atoms with Crippen molar-refractivity contribution < 1.29 is 59.6 Å². The van der Waals surface area contributed by atoms with Crippen LogP contribution in [0.1, 0.15) is 0 Å². The van der Waals surface area contributed by atoms with Crippen molar-refractivity contribution in [2.75, 3.05) is 0 Å². The molecule has 0 amide bonds. The highest BCUT2D eigenvalue weighted by Crippen LogP contribution is 2.24. The van der Waals surface area contributed by atoms with Crippen LogP contribution in [0.25, 0.3) is 0 Å². The van der Waals surface area contributed by atoms with E-state index in [-0.39, 0.29) is 0 Å². The molecule has 0 bridgehead atoms. The van der Waals surface area contributed by atoms with Gasteiger partial charge in [-0.1, -0.05) is 0 Å². The molecule has 0 spiro atoms. The molecule has 1 fully saturated rings. The zero-order chi connectivity index (χ0) is 17.2. The third-order valence-electron chi connectivity index (χ3n) is 2.88. The summed E-state index contributed by atoms with van der Waals surface area (Å²) in [6, 6.07) is 0. The van der Waals surface area contributed by atoms with E-state index >= 15 is 0 Å². The quantitative estimate of drug-likeness (QED) is 0.247. The van der Waals surface area contributed by atoms with Gasteiger partial charge >= 0.3 is 17.9 Å². The molecular weight excluding hydrogens is 312 g/mol. The SMILES string of the molecule is O=C(O)C(O)C(OC1OC(C(=O)O)C(O)C(O)C1O)C(=O)O. The summed E-state index contributed by atoms with van der Waals surface area (Å²) >= 11 is 0. The van der Waals surface area contributed by atoms with Crippen LogP contribution in [0.5, 0.6) is 0 Å². The van der Waals surface area contributed by atoms with E-state index in [1.807, 2.05) is 0 Å². The van der Waals surface area contributed by atoms with Crippen LogP contribution in [-0.2, 0) is 23.9 Å². The molecule has 12 nitrogen and oxygen atoms in total. The molecule has 126 valence electrons. The molecule has 1 aliphatic rings. The third kappa shape index (κ3) is 3.68. The molecule has 7 unspecified atom stereocenters. The first-order valence-electron chi connectivity index (χ1n) is 5.79. The fraction of sp³-hybridized carbons (Fsp3) is 0.700. The second kappa shape index (κ2) is 6.95. The summed E-state index contributed by atoms with van der Waals surface area (Å²) in [6.45, 7) is 0. The van der Waals surface area contributed by atoms with E-state index in [1.165, 1.54) is 0 Å². The van der Waals surface area contributed by atoms with E-state index in [0.29, 0.717) is 0 Å². The van der Waals surface area contributed by atoms with Gasteiger partial charge < -0.3 is 45.2 Å². The molecule has 7 atom stereocenters. The van der Waals surface area contributed by atoms with Crippen LogP contribution in [-0.4, -0.2) is 96.6 Å². The van der Waals surface area contributed by atoms with Gasteiger partial charge in [-0.2, -0.15) is 0 Å². The minimum absolute atomic E-state index is 1.74. The predicted molar refractivity (Wildman–Crippen MR) is 60.5 cm³/mol. The Morgan fingerprint density at radius 3 is 1.86 bits per heavy atom. The summed E-state index contributed by atoms with van der Waals surface area (Å²) < 4.78 is 9.15. The van der Waals surface area contributed by atoms with Gasteiger partial charge in [0.15, 0.2) is 24.6 Å². The maximum Gasteiger partial charge on any atom is 0.336 e. The third-order valence-corrected chi connectivity index (χ3v) is 2.88. The number of aliphatic hydroxyl groups is 4. The van der Waals surface area contributed by atoms with Crippen LogP contribution in [0.15, 0.2) is 0 Å². The second-order valence-electron chi connectivity index (χ2n) is 4.41. The van der Waals surface area contributed by atoms with Crippen molar-refractivity contribution in [3.8, 4) is 0 Å². The zero-order valence-corrected chi connectivity index (χ0v) is 10.7. The first-order valence-corrected chi connectivity index (χ1v) is 5.79. The normalized spacial score (nSPS) is 34.6. The molecule has 0 saturated carbocycles. The minimum Gasteiger partial charge on any atom is -0.479 e. The molecule has 1 saturated heterocycles. The molecular formula is C10H14O12. The average molecular weight is 326 g/mol. The van der Waals surface area contributed by atoms with Crippen LogP contribution >= 0.6 is 0 Å². The van der Waals surface area contributed by atoms with Crippen molar-refractivity contribution in [1.82, 2.24) is 0 Å². The first-order chi connectivity index (χ1) is 10.1. The molecule has 1 rings (SSSR count). The molecule has 0 aromatic heterocycles. The average Bonchev–Trinajstić information content (AvgIpc) is 2.42. The second-order valence-corrected chi connectivity index (χ2v) is 4.41. The Labute approximate surface area is 121 Å². The van der Waals surface area contributed by atoms with E-state index in [2.05, 4.69) is 9.47 Å². The molecule has 0 aromatic carbocycles. The Balaban J connectivity index is 2.95. The van der Waals surface area contributed by atoms with Gasteiger partial charge in [0.1, 0.15) is 18.3 Å². The Kier molecular flexibility index (Phi) is 5.76. The molecule has 0 aliphatic carbocycles. The number of carboxylic acids is 3. The highest BCUT2D eigenvalue weighted by atomic mass is 16.7. The molecule has 1 heterocycles. The lowest BCUT2D eigenvalue weighted by Gasteiger charge is -2.39. The minimum atomic E-state index is -2.54. The Morgan fingerprint density at radius 2 is 1.45 bits per heavy atom. The molecule has 0 radical (unpaired) electrons. The van der Waals surface area contributed by atoms with Crippen molar-refractivity contribution in [2.45, 2.75) is 42.9 Å². The highest BCUT2D eigenvalue weighted by molar-refractivity contribution is 5.83. The summed E-state index contributed by atoms with van der Waals surface area (Å²) in [4.78, 5) is 32.3. The van der Waals surface area contributed by atoms with Crippen LogP contribution in [0.4, 0.5) is 0 Å². The lowest BCUT2D eigenvalue weighted by molar-refractivity contribution is -0.307. The van der Waals surface area contributed by atoms with E-state index in [4.69, 9.17) is 15.3 Å². The summed E-state index contributed by atoms with van der Waals surface area (Å²) in [5.74, 6) is -5.62. The standard InChI is InChI=1S/C10H14O12/c11-1-2(12)5(8(17)18)21-10(3(1)13)22-6(9(19)20)4(14)7(15)16/h1-6,10-14H,(H,15,16)(H,17,18)(H,19,20). The first kappa shape index (κ1) is 18.2. The van der Waals surface area contributed by atoms with Gasteiger partial charge in [-0.05, 0) is 0 Å². The van der Waals surface area contributed by atoms with Gasteiger partial charge in [0.05, 0.1) is 0 Å². The predicted octanol–water partition coefficient (Wildman–Crippen LogP) is -4.21. The van der Waals surface area contributed by atoms with Crippen molar-refractivity contribution in [2.24, 2.45) is 0 Å². The zero-order valence-electron chi connectivity index (χ0n) is 10.7. The summed E-state index contributed by atoms with van der Waals surface area (Å²) in [5.41, 5.74) is 0. The van der Waals surface area contributed by atoms with Gasteiger partial charge in [0.2, 0.25) is 0 Å². The van der Waals surface area contributed by atoms with Crippen molar-refractivity contribution in [3.05, 3.63) is 0 Å². The lowest BCUT2D eigenvalue weighted by Crippen LogP contribution is -2.61. The van der Waals surface area contributed by atoms with Gasteiger partial charge in [0, 0.05) is 0 Å². The molecule has 1 aliphatic heterocycles. The number of hydrogen-bond acceptors (Lipinski definition) is 9. The maximum absolute atomic E-state index is 10.9. The van der Waals surface area contributed by atoms with Crippen molar-refractivity contribution in [1.29, 1.82) is 0 Å². The summed E-state index contributed by atoms with van der Waals surface area (Å²) in [5, 5.41) is 63.8. The molecule has 7 N–H and O–H groups in total. The van der Waals surface area contributed by atoms with Gasteiger partial charge in [-0.3, -0.25) is 0 Å². The fourth-order valence-corrected chi connectivity index (χ4v) is 1.71. The van der Waals surface area contributed by atoms with Crippen LogP contribution in [0, 0.1) is 0 Å². The fourth-order valence-electron chi connectivity index (χ4n) is 1.71. The molecule has 0 aromatic rings. The number of carboxylic acid groups (broad SMARTS) is 3. The summed E-state index contributed by atoms with van der Waals surface area (Å²) in [7, 11) is 0. The van der Waals surface area contributed by atoms with Crippen LogP contribution in [0.2, 0.25) is 0 Å². The maximum atomic E-state index is 10.9. The van der Waals surface area contributed by atoms with Crippen LogP contribution in [0.3, 0.4) is 0 Å². The topological polar surface area (TPSA) is 211 Å². The molecule has 22 heavy (non-hydrogen) atoms. The van der Waals surface area contributed by atoms with Crippen molar-refractivity contribution >= 4 is 17.9 Å². The van der Waals surface area contributed by atoms with E-state index in [9.17, 15) is 34.8 Å². The summed E-state index contributed by atoms with van der Waals surface area (Å²) in [6.07, 6.45) is -15.3. The smallest absolute Gasteiger partial charge is 0.336 e. The van der Waals surface area contributed by atoms with Gasteiger partial charge in [-0.25, -0.2) is 14.4 Å². The largest absolute Gasteiger partial charge is 0.479 e. The van der Waals surface area contributed by atoms with E-state index in [1.54, 1.807) is 0 Å². The molecule has 12 heteroatoms. The van der Waals surface area contributed by atoms with Gasteiger partial charge in [0.25, 0.3) is 0 Å². The Bertz CT molecular complexity index is 449. The highest BCUT2D eigenvalue weighted by Gasteiger charge is 2.49. The van der Waals surface area contributed by atoms with Gasteiger partial charge in [-0.15, -0.1) is 0 Å². The Morgan fingerprint density at radius 1 is 0.909 bits per heavy atom. The number of aliphatic carboxylic acids is 3. The Hall–Kier alpha value is -1.83. The number of ether oxygens (including phenoxy) is 2. The number of aliphatic hydroxyl groups excluding tert-OH is 4. The number of carbonyl (C=O) groups is 3.